The van der Waals surface area contributed by atoms with Crippen molar-refractivity contribution < 1.29 is 13.9 Å². The van der Waals surface area contributed by atoms with Crippen LogP contribution in [0.1, 0.15) is 21.5 Å². The molecule has 2 aromatic carbocycles. The van der Waals surface area contributed by atoms with Crippen molar-refractivity contribution >= 4 is 37.6 Å². The Labute approximate surface area is 132 Å². The molecule has 3 rings (SSSR count). The summed E-state index contributed by atoms with van der Waals surface area (Å²) in [5, 5.41) is 0. The van der Waals surface area contributed by atoms with Gasteiger partial charge in [0, 0.05) is 16.5 Å². The lowest BCUT2D eigenvalue weighted by Crippen LogP contribution is -2.04. The summed E-state index contributed by atoms with van der Waals surface area (Å²) >= 11 is 6.47. The van der Waals surface area contributed by atoms with Gasteiger partial charge in [-0.05, 0) is 51.8 Å². The van der Waals surface area contributed by atoms with Gasteiger partial charge in [0.15, 0.2) is 5.78 Å². The molecular weight excluding hydrogens is 391 g/mol. The first-order chi connectivity index (χ1) is 9.56. The number of carbonyl (C=O) groups excluding carboxylic acids is 1. The fourth-order valence-corrected chi connectivity index (χ4v) is 2.98. The van der Waals surface area contributed by atoms with Crippen LogP contribution < -0.4 is 4.74 Å². The van der Waals surface area contributed by atoms with Crippen molar-refractivity contribution in [1.29, 1.82) is 0 Å². The molecule has 5 heteroatoms. The molecule has 1 heterocycles. The van der Waals surface area contributed by atoms with Gasteiger partial charge < -0.3 is 4.74 Å². The van der Waals surface area contributed by atoms with Crippen molar-refractivity contribution in [2.24, 2.45) is 0 Å². The number of carbonyl (C=O) groups is 1. The minimum absolute atomic E-state index is 0.240. The molecule has 0 amide bonds. The minimum atomic E-state index is -0.455. The van der Waals surface area contributed by atoms with Gasteiger partial charge in [0.05, 0.1) is 16.6 Å². The zero-order valence-corrected chi connectivity index (χ0v) is 13.4. The maximum absolute atomic E-state index is 13.6. The highest BCUT2D eigenvalue weighted by atomic mass is 79.9. The van der Waals surface area contributed by atoms with Gasteiger partial charge in [-0.1, -0.05) is 15.9 Å². The van der Waals surface area contributed by atoms with Crippen LogP contribution in [0, 0.1) is 5.82 Å². The third-order valence-electron chi connectivity index (χ3n) is 3.17. The van der Waals surface area contributed by atoms with E-state index in [4.69, 9.17) is 4.74 Å². The highest BCUT2D eigenvalue weighted by molar-refractivity contribution is 9.10. The van der Waals surface area contributed by atoms with Crippen LogP contribution in [0.3, 0.4) is 0 Å². The van der Waals surface area contributed by atoms with Gasteiger partial charge in [0.1, 0.15) is 11.6 Å². The van der Waals surface area contributed by atoms with E-state index in [2.05, 4.69) is 31.9 Å². The van der Waals surface area contributed by atoms with Crippen molar-refractivity contribution in [3.63, 3.8) is 0 Å². The standard InChI is InChI=1S/C15H9Br2FO2/c16-10-5-9-3-4-20-15(9)11(7-10)14(19)8-1-2-12(17)13(18)6-8/h1-2,5-7H,3-4H2. The van der Waals surface area contributed by atoms with Crippen LogP contribution >= 0.6 is 31.9 Å². The molecule has 1 aliphatic heterocycles. The Balaban J connectivity index is 2.09. The van der Waals surface area contributed by atoms with Gasteiger partial charge >= 0.3 is 0 Å². The Hall–Kier alpha value is -1.20. The van der Waals surface area contributed by atoms with Gasteiger partial charge in [0.2, 0.25) is 0 Å². The Kier molecular flexibility index (Phi) is 3.65. The third-order valence-corrected chi connectivity index (χ3v) is 4.28. The van der Waals surface area contributed by atoms with E-state index in [-0.39, 0.29) is 5.78 Å². The minimum Gasteiger partial charge on any atom is -0.492 e. The number of fused-ring (bicyclic) bond motifs is 1. The molecule has 0 N–H and O–H groups in total. The summed E-state index contributed by atoms with van der Waals surface area (Å²) < 4.78 is 20.3. The molecular formula is C15H9Br2FO2. The second-order valence-electron chi connectivity index (χ2n) is 4.50. The fraction of sp³-hybridized carbons (Fsp3) is 0.133. The van der Waals surface area contributed by atoms with Crippen molar-refractivity contribution in [3.05, 3.63) is 61.8 Å². The summed E-state index contributed by atoms with van der Waals surface area (Å²) in [6, 6.07) is 8.02. The van der Waals surface area contributed by atoms with Gasteiger partial charge in [-0.25, -0.2) is 4.39 Å². The molecule has 0 saturated heterocycles. The molecule has 0 bridgehead atoms. The van der Waals surface area contributed by atoms with Crippen LogP contribution in [0.25, 0.3) is 0 Å². The van der Waals surface area contributed by atoms with E-state index in [9.17, 15) is 9.18 Å². The summed E-state index contributed by atoms with van der Waals surface area (Å²) in [5.74, 6) is -0.0826. The van der Waals surface area contributed by atoms with Crippen LogP contribution in [-0.4, -0.2) is 12.4 Å². The van der Waals surface area contributed by atoms with Crippen LogP contribution in [0.5, 0.6) is 5.75 Å². The zero-order valence-electron chi connectivity index (χ0n) is 10.3. The summed E-state index contributed by atoms with van der Waals surface area (Å²) in [6.45, 7) is 0.570. The number of hydrogen-bond acceptors (Lipinski definition) is 2. The van der Waals surface area contributed by atoms with Gasteiger partial charge in [0.25, 0.3) is 0 Å². The first-order valence-corrected chi connectivity index (χ1v) is 7.60. The Morgan fingerprint density at radius 2 is 2.00 bits per heavy atom. The quantitative estimate of drug-likeness (QED) is 0.694. The average Bonchev–Trinajstić information content (AvgIpc) is 2.88. The lowest BCUT2D eigenvalue weighted by Gasteiger charge is -2.08. The van der Waals surface area contributed by atoms with E-state index >= 15 is 0 Å². The van der Waals surface area contributed by atoms with Crippen molar-refractivity contribution in [1.82, 2.24) is 0 Å². The van der Waals surface area contributed by atoms with Crippen LogP contribution in [-0.2, 0) is 6.42 Å². The lowest BCUT2D eigenvalue weighted by atomic mass is 10.00. The molecule has 2 nitrogen and oxygen atoms in total. The molecule has 0 radical (unpaired) electrons. The van der Waals surface area contributed by atoms with Crippen LogP contribution in [0.4, 0.5) is 4.39 Å². The van der Waals surface area contributed by atoms with Gasteiger partial charge in [-0.15, -0.1) is 0 Å². The van der Waals surface area contributed by atoms with E-state index in [0.717, 1.165) is 16.5 Å². The highest BCUT2D eigenvalue weighted by Gasteiger charge is 2.23. The molecule has 0 saturated carbocycles. The number of hydrogen-bond donors (Lipinski definition) is 0. The average molecular weight is 400 g/mol. The van der Waals surface area contributed by atoms with Gasteiger partial charge in [-0.2, -0.15) is 0 Å². The predicted octanol–water partition coefficient (Wildman–Crippen LogP) is 4.52. The number of halogens is 3. The molecule has 1 aliphatic rings. The Morgan fingerprint density at radius 3 is 2.75 bits per heavy atom. The molecule has 102 valence electrons. The number of benzene rings is 2. The summed E-state index contributed by atoms with van der Waals surface area (Å²) in [5.41, 5.74) is 1.77. The van der Waals surface area contributed by atoms with E-state index in [1.165, 1.54) is 12.1 Å². The van der Waals surface area contributed by atoms with E-state index in [0.29, 0.717) is 28.0 Å². The number of ketones is 1. The molecule has 0 atom stereocenters. The molecule has 2 aromatic rings. The zero-order chi connectivity index (χ0) is 14.3. The lowest BCUT2D eigenvalue weighted by molar-refractivity contribution is 0.103. The van der Waals surface area contributed by atoms with E-state index in [1.54, 1.807) is 12.1 Å². The van der Waals surface area contributed by atoms with Crippen LogP contribution in [0.15, 0.2) is 39.3 Å². The molecule has 0 spiro atoms. The second kappa shape index (κ2) is 5.30. The van der Waals surface area contributed by atoms with E-state index < -0.39 is 5.82 Å². The number of rotatable bonds is 2. The summed E-state index contributed by atoms with van der Waals surface area (Å²) in [6.07, 6.45) is 0.782. The predicted molar refractivity (Wildman–Crippen MR) is 80.9 cm³/mol. The molecule has 0 unspecified atom stereocenters. The first kappa shape index (κ1) is 13.8. The molecule has 20 heavy (non-hydrogen) atoms. The normalized spacial score (nSPS) is 12.9. The topological polar surface area (TPSA) is 26.3 Å². The van der Waals surface area contributed by atoms with Crippen molar-refractivity contribution in [2.45, 2.75) is 6.42 Å². The fourth-order valence-electron chi connectivity index (χ4n) is 2.23. The molecule has 0 aromatic heterocycles. The first-order valence-electron chi connectivity index (χ1n) is 6.01. The van der Waals surface area contributed by atoms with Crippen molar-refractivity contribution in [3.8, 4) is 5.75 Å². The maximum Gasteiger partial charge on any atom is 0.196 e. The second-order valence-corrected chi connectivity index (χ2v) is 6.27. The largest absolute Gasteiger partial charge is 0.492 e. The monoisotopic (exact) mass is 398 g/mol. The van der Waals surface area contributed by atoms with Crippen LogP contribution in [0.2, 0.25) is 0 Å². The summed E-state index contributed by atoms with van der Waals surface area (Å²) in [4.78, 5) is 12.5. The van der Waals surface area contributed by atoms with Crippen molar-refractivity contribution in [2.75, 3.05) is 6.61 Å². The summed E-state index contributed by atoms with van der Waals surface area (Å²) in [7, 11) is 0. The Bertz CT molecular complexity index is 713. The number of ether oxygens (including phenoxy) is 1. The van der Waals surface area contributed by atoms with Gasteiger partial charge in [-0.3, -0.25) is 4.79 Å². The highest BCUT2D eigenvalue weighted by Crippen LogP contribution is 2.34. The smallest absolute Gasteiger partial charge is 0.196 e. The van der Waals surface area contributed by atoms with E-state index in [1.807, 2.05) is 6.07 Å². The third kappa shape index (κ3) is 2.40. The molecule has 0 fully saturated rings. The SMILES string of the molecule is O=C(c1ccc(Br)c(F)c1)c1cc(Br)cc2c1OCC2. The Morgan fingerprint density at radius 1 is 1.20 bits per heavy atom. The maximum atomic E-state index is 13.6. The molecule has 0 aliphatic carbocycles.